The van der Waals surface area contributed by atoms with E-state index in [4.69, 9.17) is 24.4 Å². The van der Waals surface area contributed by atoms with Gasteiger partial charge in [-0.15, -0.1) is 0 Å². The summed E-state index contributed by atoms with van der Waals surface area (Å²) in [4.78, 5) is 32.0. The number of benzene rings is 2. The summed E-state index contributed by atoms with van der Waals surface area (Å²) in [7, 11) is 0. The molecule has 0 saturated carbocycles. The number of rotatable bonds is 7. The van der Waals surface area contributed by atoms with Crippen LogP contribution >= 0.6 is 0 Å². The van der Waals surface area contributed by atoms with Gasteiger partial charge >= 0.3 is 6.03 Å². The number of aromatic nitrogens is 3. The van der Waals surface area contributed by atoms with Crippen molar-refractivity contribution in [3.05, 3.63) is 54.1 Å². The van der Waals surface area contributed by atoms with Crippen molar-refractivity contribution in [2.75, 3.05) is 53.4 Å². The first kappa shape index (κ1) is 28.3. The molecule has 6 rings (SSSR count). The van der Waals surface area contributed by atoms with Crippen LogP contribution in [0.3, 0.4) is 0 Å². The van der Waals surface area contributed by atoms with Gasteiger partial charge in [-0.2, -0.15) is 15.0 Å². The number of hydrogen-bond acceptors (Lipinski definition) is 9. The van der Waals surface area contributed by atoms with Crippen molar-refractivity contribution >= 4 is 29.3 Å². The molecule has 42 heavy (non-hydrogen) atoms. The van der Waals surface area contributed by atoms with E-state index in [0.29, 0.717) is 61.9 Å². The van der Waals surface area contributed by atoms with Gasteiger partial charge in [0.25, 0.3) is 0 Å². The average Bonchev–Trinajstić information content (AvgIpc) is 3.21. The van der Waals surface area contributed by atoms with Gasteiger partial charge in [-0.05, 0) is 75.6 Å². The van der Waals surface area contributed by atoms with Crippen LogP contribution in [0.25, 0.3) is 11.4 Å². The van der Waals surface area contributed by atoms with Gasteiger partial charge in [0.05, 0.1) is 50.2 Å². The summed E-state index contributed by atoms with van der Waals surface area (Å²) in [6.07, 6.45) is 2.68. The highest BCUT2D eigenvalue weighted by Crippen LogP contribution is 2.34. The highest BCUT2D eigenvalue weighted by atomic mass is 16.5. The Balaban J connectivity index is 1.19. The Bertz CT molecular complexity index is 1380. The largest absolute Gasteiger partial charge is 0.390 e. The number of nitrogens with one attached hydrogen (secondary N) is 2. The lowest BCUT2D eigenvalue weighted by Gasteiger charge is -2.36. The SMILES string of the molecule is CC1COCCN1c1nc(-c2ccc(NC(=O)Nc3ccc(CC(C)(C)O)cc3)cc2)nc(N2C3CCC2COC3)n1. The van der Waals surface area contributed by atoms with Crippen LogP contribution in [0.15, 0.2) is 48.5 Å². The molecule has 3 aromatic rings. The number of morpholine rings is 2. The van der Waals surface area contributed by atoms with Crippen LogP contribution < -0.4 is 20.4 Å². The molecule has 3 aliphatic rings. The van der Waals surface area contributed by atoms with Crippen molar-refractivity contribution in [2.24, 2.45) is 0 Å². The van der Waals surface area contributed by atoms with Crippen molar-refractivity contribution in [1.82, 2.24) is 15.0 Å². The highest BCUT2D eigenvalue weighted by molar-refractivity contribution is 5.99. The molecular formula is C31H39N7O4. The van der Waals surface area contributed by atoms with Crippen molar-refractivity contribution in [3.8, 4) is 11.4 Å². The number of carbonyl (C=O) groups is 1. The predicted molar refractivity (Wildman–Crippen MR) is 162 cm³/mol. The monoisotopic (exact) mass is 573 g/mol. The molecule has 4 heterocycles. The lowest BCUT2D eigenvalue weighted by molar-refractivity contribution is 0.0810. The second-order valence-corrected chi connectivity index (χ2v) is 12.0. The normalized spacial score (nSPS) is 22.2. The summed E-state index contributed by atoms with van der Waals surface area (Å²) in [6.45, 7) is 9.03. The summed E-state index contributed by atoms with van der Waals surface area (Å²) in [6, 6.07) is 15.4. The Morgan fingerprint density at radius 3 is 2.14 bits per heavy atom. The van der Waals surface area contributed by atoms with E-state index in [1.807, 2.05) is 48.5 Å². The van der Waals surface area contributed by atoms with Crippen LogP contribution in [0.2, 0.25) is 0 Å². The van der Waals surface area contributed by atoms with E-state index >= 15 is 0 Å². The van der Waals surface area contributed by atoms with Crippen molar-refractivity contribution in [1.29, 1.82) is 0 Å². The molecule has 0 radical (unpaired) electrons. The Hall–Kier alpha value is -3.80. The van der Waals surface area contributed by atoms with E-state index in [2.05, 4.69) is 27.4 Å². The number of aliphatic hydroxyl groups is 1. The number of urea groups is 1. The number of fused-ring (bicyclic) bond motifs is 2. The molecule has 1 aromatic heterocycles. The van der Waals surface area contributed by atoms with Crippen LogP contribution in [0.1, 0.15) is 39.2 Å². The molecule has 222 valence electrons. The van der Waals surface area contributed by atoms with Gasteiger partial charge in [0.2, 0.25) is 11.9 Å². The van der Waals surface area contributed by atoms with Crippen LogP contribution in [0.5, 0.6) is 0 Å². The van der Waals surface area contributed by atoms with Crippen LogP contribution in [0.4, 0.5) is 28.1 Å². The Kier molecular flexibility index (Phi) is 7.98. The van der Waals surface area contributed by atoms with E-state index in [-0.39, 0.29) is 24.2 Å². The second kappa shape index (κ2) is 11.8. The summed E-state index contributed by atoms with van der Waals surface area (Å²) < 4.78 is 11.5. The number of ether oxygens (including phenoxy) is 2. The van der Waals surface area contributed by atoms with Gasteiger partial charge in [0, 0.05) is 29.9 Å². The summed E-state index contributed by atoms with van der Waals surface area (Å²) >= 11 is 0. The van der Waals surface area contributed by atoms with E-state index in [1.165, 1.54) is 0 Å². The van der Waals surface area contributed by atoms with E-state index in [9.17, 15) is 9.90 Å². The fraction of sp³-hybridized carbons (Fsp3) is 0.484. The summed E-state index contributed by atoms with van der Waals surface area (Å²) in [5.74, 6) is 1.95. The molecule has 3 atom stereocenters. The molecule has 3 N–H and O–H groups in total. The number of carbonyl (C=O) groups excluding carboxylic acids is 1. The van der Waals surface area contributed by atoms with Crippen molar-refractivity contribution < 1.29 is 19.4 Å². The lowest BCUT2D eigenvalue weighted by Crippen LogP contribution is -2.48. The number of amides is 2. The lowest BCUT2D eigenvalue weighted by atomic mass is 9.99. The molecule has 3 saturated heterocycles. The first-order valence-corrected chi connectivity index (χ1v) is 14.7. The third-order valence-electron chi connectivity index (χ3n) is 7.96. The predicted octanol–water partition coefficient (Wildman–Crippen LogP) is 4.09. The fourth-order valence-corrected chi connectivity index (χ4v) is 5.91. The van der Waals surface area contributed by atoms with E-state index < -0.39 is 5.60 Å². The molecule has 11 nitrogen and oxygen atoms in total. The quantitative estimate of drug-likeness (QED) is 0.383. The standard InChI is InChI=1S/C31H39N7O4/c1-20-17-41-15-14-37(20)28-34-27(35-29(36-28)38-25-12-13-26(38)19-42-18-25)22-6-10-24(11-7-22)33-30(39)32-23-8-4-21(5-9-23)16-31(2,3)40/h4-11,20,25-26,40H,12-19H2,1-3H3,(H2,32,33,39). The minimum atomic E-state index is -0.786. The maximum Gasteiger partial charge on any atom is 0.323 e. The molecule has 2 bridgehead atoms. The van der Waals surface area contributed by atoms with Crippen LogP contribution in [-0.2, 0) is 15.9 Å². The van der Waals surface area contributed by atoms with Gasteiger partial charge in [0.1, 0.15) is 0 Å². The molecule has 2 amide bonds. The molecule has 0 spiro atoms. The van der Waals surface area contributed by atoms with Gasteiger partial charge in [-0.25, -0.2) is 4.79 Å². The summed E-state index contributed by atoms with van der Waals surface area (Å²) in [5, 5.41) is 15.8. The second-order valence-electron chi connectivity index (χ2n) is 12.0. The number of hydrogen-bond donors (Lipinski definition) is 3. The van der Waals surface area contributed by atoms with Gasteiger partial charge in [0.15, 0.2) is 5.82 Å². The molecule has 2 aromatic carbocycles. The summed E-state index contributed by atoms with van der Waals surface area (Å²) in [5.41, 5.74) is 2.37. The van der Waals surface area contributed by atoms with Crippen LogP contribution in [-0.4, -0.2) is 82.8 Å². The highest BCUT2D eigenvalue weighted by Gasteiger charge is 2.39. The Labute approximate surface area is 246 Å². The zero-order chi connectivity index (χ0) is 29.3. The number of nitrogens with zero attached hydrogens (tertiary/aromatic N) is 5. The Morgan fingerprint density at radius 2 is 1.52 bits per heavy atom. The van der Waals surface area contributed by atoms with Gasteiger partial charge < -0.3 is 35.0 Å². The molecule has 11 heteroatoms. The van der Waals surface area contributed by atoms with Gasteiger partial charge in [-0.1, -0.05) is 12.1 Å². The first-order chi connectivity index (χ1) is 20.2. The molecule has 0 aliphatic carbocycles. The minimum Gasteiger partial charge on any atom is -0.390 e. The zero-order valence-electron chi connectivity index (χ0n) is 24.4. The molecular weight excluding hydrogens is 534 g/mol. The maximum atomic E-state index is 12.7. The molecule has 3 fully saturated rings. The van der Waals surface area contributed by atoms with Crippen molar-refractivity contribution in [2.45, 2.75) is 63.8 Å². The first-order valence-electron chi connectivity index (χ1n) is 14.7. The van der Waals surface area contributed by atoms with E-state index in [1.54, 1.807) is 13.8 Å². The maximum absolute atomic E-state index is 12.7. The Morgan fingerprint density at radius 1 is 0.905 bits per heavy atom. The van der Waals surface area contributed by atoms with Crippen molar-refractivity contribution in [3.63, 3.8) is 0 Å². The molecule has 3 aliphatic heterocycles. The number of anilines is 4. The minimum absolute atomic E-state index is 0.158. The topological polar surface area (TPSA) is 125 Å². The van der Waals surface area contributed by atoms with E-state index in [0.717, 1.165) is 30.5 Å². The van der Waals surface area contributed by atoms with Gasteiger partial charge in [-0.3, -0.25) is 0 Å². The smallest absolute Gasteiger partial charge is 0.323 e. The fourth-order valence-electron chi connectivity index (χ4n) is 5.91. The van der Waals surface area contributed by atoms with Crippen LogP contribution in [0, 0.1) is 0 Å². The molecule has 3 unspecified atom stereocenters. The zero-order valence-corrected chi connectivity index (χ0v) is 24.4. The average molecular weight is 574 g/mol. The third kappa shape index (κ3) is 6.48. The third-order valence-corrected chi connectivity index (χ3v) is 7.96.